The van der Waals surface area contributed by atoms with Crippen molar-refractivity contribution in [2.24, 2.45) is 5.92 Å². The summed E-state index contributed by atoms with van der Waals surface area (Å²) in [5, 5.41) is 17.8. The minimum Gasteiger partial charge on any atom is -0.486 e. The highest BCUT2D eigenvalue weighted by molar-refractivity contribution is 6.27. The first-order chi connectivity index (χ1) is 20.9. The molecular formula is C31H32N4O8. The number of carboxylic acid groups (broad SMARTS) is 2. The van der Waals surface area contributed by atoms with Crippen LogP contribution in [-0.4, -0.2) is 68.9 Å². The van der Waals surface area contributed by atoms with Gasteiger partial charge in [0.15, 0.2) is 11.5 Å². The number of amides is 1. The molecule has 1 amide bonds. The van der Waals surface area contributed by atoms with Gasteiger partial charge < -0.3 is 34.3 Å². The second-order valence-corrected chi connectivity index (χ2v) is 10.2. The Labute approximate surface area is 247 Å². The smallest absolute Gasteiger partial charge is 0.414 e. The fourth-order valence-electron chi connectivity index (χ4n) is 5.07. The highest BCUT2D eigenvalue weighted by Gasteiger charge is 2.23. The molecule has 43 heavy (non-hydrogen) atoms. The second kappa shape index (κ2) is 13.7. The van der Waals surface area contributed by atoms with Gasteiger partial charge in [-0.25, -0.2) is 14.6 Å². The number of carbonyl (C=O) groups excluding carboxylic acids is 1. The van der Waals surface area contributed by atoms with Crippen LogP contribution in [0.15, 0.2) is 72.8 Å². The normalized spacial score (nSPS) is 14.5. The molecule has 0 saturated carbocycles. The Kier molecular flexibility index (Phi) is 9.37. The van der Waals surface area contributed by atoms with Crippen molar-refractivity contribution in [1.29, 1.82) is 0 Å². The molecule has 0 spiro atoms. The average Bonchev–Trinajstić information content (AvgIpc) is 3.62. The Bertz CT molecular complexity index is 1570. The van der Waals surface area contributed by atoms with Gasteiger partial charge in [-0.2, -0.15) is 0 Å². The van der Waals surface area contributed by atoms with Gasteiger partial charge in [0.05, 0.1) is 17.6 Å². The zero-order valence-electron chi connectivity index (χ0n) is 23.3. The number of benzene rings is 3. The maximum Gasteiger partial charge on any atom is 0.414 e. The molecule has 0 atom stereocenters. The topological polar surface area (TPSA) is 152 Å². The van der Waals surface area contributed by atoms with Crippen LogP contribution >= 0.6 is 0 Å². The molecule has 12 nitrogen and oxygen atoms in total. The number of aliphatic carboxylic acids is 2. The number of imidazole rings is 1. The number of nitrogens with one attached hydrogen (secondary N) is 1. The van der Waals surface area contributed by atoms with Crippen LogP contribution in [0.3, 0.4) is 0 Å². The standard InChI is InChI=1S/C29H30N4O4.C2H2O4/c34-29(30-22-10-11-26-27(16-22)37-20-36-26)18-32-14-12-21(13-15-32)17-33-25-9-5-4-8-24(25)31-28(33)19-35-23-6-2-1-3-7-23;3-1(4)2(5)6/h1-11,16,21H,12-15,17-20H2,(H,30,34);(H,3,4)(H,5,6). The zero-order chi connectivity index (χ0) is 30.2. The molecule has 6 rings (SSSR count). The molecule has 0 bridgehead atoms. The number of carboxylic acids is 2. The van der Waals surface area contributed by atoms with Crippen LogP contribution < -0.4 is 19.5 Å². The molecule has 3 heterocycles. The summed E-state index contributed by atoms with van der Waals surface area (Å²) in [6.45, 7) is 3.70. The van der Waals surface area contributed by atoms with E-state index in [1.807, 2.05) is 48.5 Å². The van der Waals surface area contributed by atoms with E-state index in [1.54, 1.807) is 6.07 Å². The first kappa shape index (κ1) is 29.4. The number of piperidine rings is 1. The lowest BCUT2D eigenvalue weighted by Gasteiger charge is -2.32. The van der Waals surface area contributed by atoms with Crippen molar-refractivity contribution in [3.63, 3.8) is 0 Å². The third kappa shape index (κ3) is 7.80. The Morgan fingerprint density at radius 2 is 1.60 bits per heavy atom. The van der Waals surface area contributed by atoms with Crippen molar-refractivity contribution in [3.8, 4) is 17.2 Å². The van der Waals surface area contributed by atoms with Gasteiger partial charge in [0.25, 0.3) is 0 Å². The van der Waals surface area contributed by atoms with E-state index in [2.05, 4.69) is 33.0 Å². The first-order valence-electron chi connectivity index (χ1n) is 13.9. The van der Waals surface area contributed by atoms with Crippen molar-refractivity contribution in [2.75, 3.05) is 31.7 Å². The van der Waals surface area contributed by atoms with E-state index < -0.39 is 11.9 Å². The minimum atomic E-state index is -1.82. The summed E-state index contributed by atoms with van der Waals surface area (Å²) < 4.78 is 19.1. The molecule has 1 saturated heterocycles. The number of hydrogen-bond donors (Lipinski definition) is 3. The van der Waals surface area contributed by atoms with Gasteiger partial charge >= 0.3 is 11.9 Å². The third-order valence-corrected chi connectivity index (χ3v) is 7.20. The monoisotopic (exact) mass is 588 g/mol. The van der Waals surface area contributed by atoms with E-state index in [0.29, 0.717) is 30.6 Å². The van der Waals surface area contributed by atoms with Crippen molar-refractivity contribution in [1.82, 2.24) is 14.5 Å². The summed E-state index contributed by atoms with van der Waals surface area (Å²) in [7, 11) is 0. The lowest BCUT2D eigenvalue weighted by atomic mass is 9.96. The number of rotatable bonds is 8. The van der Waals surface area contributed by atoms with Crippen LogP contribution in [0.2, 0.25) is 0 Å². The molecule has 4 aromatic rings. The number of para-hydroxylation sites is 3. The molecular weight excluding hydrogens is 556 g/mol. The van der Waals surface area contributed by atoms with Gasteiger partial charge in [-0.1, -0.05) is 30.3 Å². The van der Waals surface area contributed by atoms with Crippen LogP contribution in [-0.2, 0) is 27.5 Å². The summed E-state index contributed by atoms with van der Waals surface area (Å²) in [4.78, 5) is 37.9. The highest BCUT2D eigenvalue weighted by Crippen LogP contribution is 2.34. The fraction of sp³-hybridized carbons (Fsp3) is 0.290. The van der Waals surface area contributed by atoms with Crippen molar-refractivity contribution >= 4 is 34.6 Å². The quantitative estimate of drug-likeness (QED) is 0.259. The number of aromatic nitrogens is 2. The molecule has 3 N–H and O–H groups in total. The lowest BCUT2D eigenvalue weighted by Crippen LogP contribution is -2.40. The van der Waals surface area contributed by atoms with Crippen molar-refractivity contribution < 1.29 is 38.8 Å². The number of carbonyl (C=O) groups is 3. The number of fused-ring (bicyclic) bond motifs is 2. The molecule has 0 aliphatic carbocycles. The van der Waals surface area contributed by atoms with Gasteiger partial charge in [0, 0.05) is 18.3 Å². The summed E-state index contributed by atoms with van der Waals surface area (Å²) in [5.41, 5.74) is 2.85. The van der Waals surface area contributed by atoms with Crippen LogP contribution in [0, 0.1) is 5.92 Å². The van der Waals surface area contributed by atoms with Crippen molar-refractivity contribution in [3.05, 3.63) is 78.6 Å². The summed E-state index contributed by atoms with van der Waals surface area (Å²) in [6, 6.07) is 23.6. The van der Waals surface area contributed by atoms with Gasteiger partial charge in [-0.05, 0) is 68.2 Å². The van der Waals surface area contributed by atoms with E-state index in [1.165, 1.54) is 0 Å². The van der Waals surface area contributed by atoms with Crippen molar-refractivity contribution in [2.45, 2.75) is 26.0 Å². The van der Waals surface area contributed by atoms with E-state index in [9.17, 15) is 4.79 Å². The zero-order valence-corrected chi connectivity index (χ0v) is 23.3. The average molecular weight is 589 g/mol. The number of likely N-dealkylation sites (tertiary alicyclic amines) is 1. The van der Waals surface area contributed by atoms with Gasteiger partial charge in [-0.3, -0.25) is 9.69 Å². The lowest BCUT2D eigenvalue weighted by molar-refractivity contribution is -0.159. The second-order valence-electron chi connectivity index (χ2n) is 10.2. The van der Waals surface area contributed by atoms with Crippen LogP contribution in [0.1, 0.15) is 18.7 Å². The highest BCUT2D eigenvalue weighted by atomic mass is 16.7. The van der Waals surface area contributed by atoms with Crippen LogP contribution in [0.5, 0.6) is 17.2 Å². The van der Waals surface area contributed by atoms with E-state index >= 15 is 0 Å². The Morgan fingerprint density at radius 3 is 2.35 bits per heavy atom. The molecule has 12 heteroatoms. The SMILES string of the molecule is O=C(CN1CCC(Cn2c(COc3ccccc3)nc3ccccc32)CC1)Nc1ccc2c(c1)OCO2.O=C(O)C(=O)O. The van der Waals surface area contributed by atoms with Gasteiger partial charge in [0.2, 0.25) is 12.7 Å². The molecule has 0 unspecified atom stereocenters. The summed E-state index contributed by atoms with van der Waals surface area (Å²) in [5.74, 6) is 0.00764. The first-order valence-corrected chi connectivity index (χ1v) is 13.9. The molecule has 1 aromatic heterocycles. The van der Waals surface area contributed by atoms with Gasteiger partial charge in [-0.15, -0.1) is 0 Å². The minimum absolute atomic E-state index is 0.0155. The maximum atomic E-state index is 12.6. The Morgan fingerprint density at radius 1 is 0.907 bits per heavy atom. The Balaban J connectivity index is 0.000000559. The molecule has 1 fully saturated rings. The number of anilines is 1. The molecule has 3 aromatic carbocycles. The van der Waals surface area contributed by atoms with Crippen LogP contribution in [0.4, 0.5) is 5.69 Å². The maximum absolute atomic E-state index is 12.6. The van der Waals surface area contributed by atoms with E-state index in [-0.39, 0.29) is 12.7 Å². The number of ether oxygens (including phenoxy) is 3. The largest absolute Gasteiger partial charge is 0.486 e. The summed E-state index contributed by atoms with van der Waals surface area (Å²) in [6.07, 6.45) is 2.06. The van der Waals surface area contributed by atoms with Crippen LogP contribution in [0.25, 0.3) is 11.0 Å². The fourth-order valence-corrected chi connectivity index (χ4v) is 5.07. The van der Waals surface area contributed by atoms with E-state index in [4.69, 9.17) is 39.0 Å². The number of hydrogen-bond acceptors (Lipinski definition) is 8. The molecule has 2 aliphatic heterocycles. The van der Waals surface area contributed by atoms with Gasteiger partial charge in [0.1, 0.15) is 18.2 Å². The molecule has 224 valence electrons. The van der Waals surface area contributed by atoms with E-state index in [0.717, 1.165) is 60.8 Å². The predicted octanol–water partition coefficient (Wildman–Crippen LogP) is 3.85. The predicted molar refractivity (Wildman–Crippen MR) is 156 cm³/mol. The number of nitrogens with zero attached hydrogens (tertiary/aromatic N) is 3. The molecule has 2 aliphatic rings. The molecule has 0 radical (unpaired) electrons. The third-order valence-electron chi connectivity index (χ3n) is 7.20. The Hall–Kier alpha value is -5.10. The summed E-state index contributed by atoms with van der Waals surface area (Å²) >= 11 is 0.